The van der Waals surface area contributed by atoms with E-state index in [4.69, 9.17) is 0 Å². The van der Waals surface area contributed by atoms with E-state index >= 15 is 0 Å². The Kier molecular flexibility index (Phi) is 5.10. The van der Waals surface area contributed by atoms with Gasteiger partial charge in [0.15, 0.2) is 0 Å². The summed E-state index contributed by atoms with van der Waals surface area (Å²) in [6, 6.07) is 10.6. The Morgan fingerprint density at radius 1 is 1.14 bits per heavy atom. The topological polar surface area (TPSA) is 59.0 Å². The van der Waals surface area contributed by atoms with E-state index in [9.17, 15) is 18.0 Å². The molecule has 2 N–H and O–H groups in total. The van der Waals surface area contributed by atoms with E-state index in [1.807, 2.05) is 12.1 Å². The molecule has 1 aliphatic rings. The summed E-state index contributed by atoms with van der Waals surface area (Å²) in [6.07, 6.45) is -0.293. The standard InChI is InChI=1S/C21H19F3N4O/c22-21(23,24)18-5-1-14(2-6-18)12-28-13-19(11-26-28)27-20(29)16-3-4-17-10-25-8-7-15(17)9-16/h1-6,9,11,13,25H,7-8,10,12H2,(H,27,29). The van der Waals surface area contributed by atoms with Crippen molar-refractivity contribution in [1.82, 2.24) is 15.1 Å². The van der Waals surface area contributed by atoms with Gasteiger partial charge in [0.05, 0.1) is 24.0 Å². The molecule has 0 atom stereocenters. The van der Waals surface area contributed by atoms with Crippen molar-refractivity contribution in [1.29, 1.82) is 0 Å². The van der Waals surface area contributed by atoms with E-state index in [1.165, 1.54) is 29.5 Å². The Labute approximate surface area is 165 Å². The van der Waals surface area contributed by atoms with Gasteiger partial charge in [-0.25, -0.2) is 0 Å². The summed E-state index contributed by atoms with van der Waals surface area (Å²) in [5.41, 5.74) is 3.49. The van der Waals surface area contributed by atoms with Crippen molar-refractivity contribution >= 4 is 11.6 Å². The Morgan fingerprint density at radius 2 is 1.93 bits per heavy atom. The normalized spacial score (nSPS) is 13.8. The van der Waals surface area contributed by atoms with Crippen LogP contribution in [0.25, 0.3) is 0 Å². The highest BCUT2D eigenvalue weighted by atomic mass is 19.4. The first-order chi connectivity index (χ1) is 13.9. The van der Waals surface area contributed by atoms with Crippen molar-refractivity contribution in [2.24, 2.45) is 0 Å². The minimum absolute atomic E-state index is 0.222. The number of benzene rings is 2. The van der Waals surface area contributed by atoms with Gasteiger partial charge in [-0.15, -0.1) is 0 Å². The highest BCUT2D eigenvalue weighted by Crippen LogP contribution is 2.29. The van der Waals surface area contributed by atoms with Crippen LogP contribution in [0.1, 0.15) is 32.6 Å². The maximum atomic E-state index is 12.6. The lowest BCUT2D eigenvalue weighted by molar-refractivity contribution is -0.137. The van der Waals surface area contributed by atoms with Gasteiger partial charge in [-0.1, -0.05) is 18.2 Å². The summed E-state index contributed by atoms with van der Waals surface area (Å²) in [7, 11) is 0. The third kappa shape index (κ3) is 4.48. The lowest BCUT2D eigenvalue weighted by atomic mass is 9.98. The Hall–Kier alpha value is -3.13. The molecule has 0 bridgehead atoms. The lowest BCUT2D eigenvalue weighted by Gasteiger charge is -2.17. The molecule has 8 heteroatoms. The minimum atomic E-state index is -4.35. The smallest absolute Gasteiger partial charge is 0.319 e. The molecule has 0 unspecified atom stereocenters. The van der Waals surface area contributed by atoms with Gasteiger partial charge in [0.25, 0.3) is 5.91 Å². The number of nitrogens with zero attached hydrogens (tertiary/aromatic N) is 2. The predicted molar refractivity (Wildman–Crippen MR) is 103 cm³/mol. The first-order valence-electron chi connectivity index (χ1n) is 9.21. The molecule has 1 aliphatic heterocycles. The van der Waals surface area contributed by atoms with E-state index in [1.54, 1.807) is 16.9 Å². The number of fused-ring (bicyclic) bond motifs is 1. The van der Waals surface area contributed by atoms with Crippen LogP contribution in [0.4, 0.5) is 18.9 Å². The first kappa shape index (κ1) is 19.2. The molecule has 3 aromatic rings. The molecular formula is C21H19F3N4O. The fourth-order valence-corrected chi connectivity index (χ4v) is 3.32. The fraction of sp³-hybridized carbons (Fsp3) is 0.238. The van der Waals surface area contributed by atoms with Crippen molar-refractivity contribution in [3.05, 3.63) is 82.7 Å². The summed E-state index contributed by atoms with van der Waals surface area (Å²) in [6.45, 7) is 2.02. The zero-order valence-corrected chi connectivity index (χ0v) is 15.5. The zero-order valence-electron chi connectivity index (χ0n) is 15.5. The number of amides is 1. The SMILES string of the molecule is O=C(Nc1cnn(Cc2ccc(C(F)(F)F)cc2)c1)c1ccc2c(c1)CCNC2. The lowest BCUT2D eigenvalue weighted by Crippen LogP contribution is -2.24. The number of alkyl halides is 3. The number of anilines is 1. The molecule has 0 radical (unpaired) electrons. The number of carbonyl (C=O) groups excluding carboxylic acids is 1. The second kappa shape index (κ2) is 7.71. The molecule has 0 spiro atoms. The number of nitrogens with one attached hydrogen (secondary N) is 2. The minimum Gasteiger partial charge on any atom is -0.319 e. The summed E-state index contributed by atoms with van der Waals surface area (Å²) >= 11 is 0. The molecule has 5 nitrogen and oxygen atoms in total. The second-order valence-electron chi connectivity index (χ2n) is 6.99. The van der Waals surface area contributed by atoms with Crippen molar-refractivity contribution < 1.29 is 18.0 Å². The maximum absolute atomic E-state index is 12.6. The zero-order chi connectivity index (χ0) is 20.4. The van der Waals surface area contributed by atoms with Crippen LogP contribution in [0.15, 0.2) is 54.9 Å². The molecule has 0 aliphatic carbocycles. The number of aromatic nitrogens is 2. The molecule has 2 aromatic carbocycles. The quantitative estimate of drug-likeness (QED) is 0.700. The molecule has 0 saturated heterocycles. The van der Waals surface area contributed by atoms with E-state index < -0.39 is 11.7 Å². The van der Waals surface area contributed by atoms with Gasteiger partial charge in [0.2, 0.25) is 0 Å². The van der Waals surface area contributed by atoms with Crippen molar-refractivity contribution in [3.8, 4) is 0 Å². The Balaban J connectivity index is 1.41. The number of rotatable bonds is 4. The van der Waals surface area contributed by atoms with Crippen LogP contribution in [0, 0.1) is 0 Å². The van der Waals surface area contributed by atoms with Gasteiger partial charge in [-0.3, -0.25) is 9.48 Å². The third-order valence-corrected chi connectivity index (χ3v) is 4.87. The third-order valence-electron chi connectivity index (χ3n) is 4.87. The summed E-state index contributed by atoms with van der Waals surface area (Å²) in [5, 5.41) is 10.3. The fourth-order valence-electron chi connectivity index (χ4n) is 3.32. The van der Waals surface area contributed by atoms with Crippen LogP contribution in [-0.2, 0) is 25.7 Å². The Morgan fingerprint density at radius 3 is 2.69 bits per heavy atom. The molecule has 1 aromatic heterocycles. The van der Waals surface area contributed by atoms with Crippen LogP contribution < -0.4 is 10.6 Å². The van der Waals surface area contributed by atoms with Gasteiger partial charge in [0.1, 0.15) is 0 Å². The van der Waals surface area contributed by atoms with Gasteiger partial charge in [-0.2, -0.15) is 18.3 Å². The highest BCUT2D eigenvalue weighted by Gasteiger charge is 2.29. The molecule has 4 rings (SSSR count). The predicted octanol–water partition coefficient (Wildman–Crippen LogP) is 3.85. The van der Waals surface area contributed by atoms with Crippen LogP contribution >= 0.6 is 0 Å². The van der Waals surface area contributed by atoms with Crippen LogP contribution in [-0.4, -0.2) is 22.2 Å². The van der Waals surface area contributed by atoms with E-state index in [0.717, 1.165) is 31.6 Å². The van der Waals surface area contributed by atoms with Crippen LogP contribution in [0.3, 0.4) is 0 Å². The number of halogens is 3. The van der Waals surface area contributed by atoms with Crippen LogP contribution in [0.5, 0.6) is 0 Å². The molecule has 2 heterocycles. The van der Waals surface area contributed by atoms with Crippen molar-refractivity contribution in [2.45, 2.75) is 25.7 Å². The molecule has 1 amide bonds. The van der Waals surface area contributed by atoms with E-state index in [-0.39, 0.29) is 5.91 Å². The summed E-state index contributed by atoms with van der Waals surface area (Å²) in [4.78, 5) is 12.5. The summed E-state index contributed by atoms with van der Waals surface area (Å²) in [5.74, 6) is -0.222. The second-order valence-corrected chi connectivity index (χ2v) is 6.99. The maximum Gasteiger partial charge on any atom is 0.416 e. The van der Waals surface area contributed by atoms with Crippen LogP contribution in [0.2, 0.25) is 0 Å². The molecule has 29 heavy (non-hydrogen) atoms. The highest BCUT2D eigenvalue weighted by molar-refractivity contribution is 6.04. The molecular weight excluding hydrogens is 381 g/mol. The van der Waals surface area contributed by atoms with E-state index in [0.29, 0.717) is 23.4 Å². The Bertz CT molecular complexity index is 1030. The molecule has 0 fully saturated rings. The van der Waals surface area contributed by atoms with Crippen molar-refractivity contribution in [2.75, 3.05) is 11.9 Å². The number of hydrogen-bond donors (Lipinski definition) is 2. The van der Waals surface area contributed by atoms with E-state index in [2.05, 4.69) is 15.7 Å². The largest absolute Gasteiger partial charge is 0.416 e. The van der Waals surface area contributed by atoms with Crippen molar-refractivity contribution in [3.63, 3.8) is 0 Å². The average molecular weight is 400 g/mol. The summed E-state index contributed by atoms with van der Waals surface area (Å²) < 4.78 is 39.5. The van der Waals surface area contributed by atoms with Gasteiger partial charge >= 0.3 is 6.18 Å². The number of carbonyl (C=O) groups is 1. The molecule has 150 valence electrons. The monoisotopic (exact) mass is 400 g/mol. The first-order valence-corrected chi connectivity index (χ1v) is 9.21. The number of hydrogen-bond acceptors (Lipinski definition) is 3. The van der Waals surface area contributed by atoms with Gasteiger partial charge in [0, 0.05) is 18.3 Å². The average Bonchev–Trinajstić information content (AvgIpc) is 3.14. The van der Waals surface area contributed by atoms with Gasteiger partial charge < -0.3 is 10.6 Å². The molecule has 0 saturated carbocycles. The van der Waals surface area contributed by atoms with Gasteiger partial charge in [-0.05, 0) is 53.9 Å².